The highest BCUT2D eigenvalue weighted by Crippen LogP contribution is 2.00. The van der Waals surface area contributed by atoms with Gasteiger partial charge >= 0.3 is 6.55 Å². The van der Waals surface area contributed by atoms with Gasteiger partial charge in [0, 0.05) is 6.20 Å². The quantitative estimate of drug-likeness (QED) is 0.231. The number of nitrogens with two attached hydrogens (primary N) is 2. The van der Waals surface area contributed by atoms with E-state index in [1.54, 1.807) is 6.92 Å². The minimum absolute atomic E-state index is 0.104. The molecule has 0 aliphatic carbocycles. The van der Waals surface area contributed by atoms with Gasteiger partial charge in [-0.25, -0.2) is 5.84 Å². The molecule has 0 aromatic rings. The molecule has 0 aliphatic heterocycles. The number of aliphatic hydroxyl groups is 2. The van der Waals surface area contributed by atoms with Crippen LogP contribution in [-0.2, 0) is 0 Å². The topological polar surface area (TPSA) is 95.7 Å². The fourth-order valence-corrected chi connectivity index (χ4v) is 0.336. The Hall–Kier alpha value is -1.36. The van der Waals surface area contributed by atoms with Crippen molar-refractivity contribution in [1.29, 1.82) is 0 Å². The Morgan fingerprint density at radius 3 is 2.00 bits per heavy atom. The monoisotopic (exact) mass is 237 g/mol. The van der Waals surface area contributed by atoms with Crippen LogP contribution in [0.1, 0.15) is 13.8 Å². The number of rotatable bonds is 3. The third kappa shape index (κ3) is 10.7. The van der Waals surface area contributed by atoms with Gasteiger partial charge in [0.25, 0.3) is 0 Å². The highest BCUT2D eigenvalue weighted by atomic mass is 19.3. The van der Waals surface area contributed by atoms with E-state index in [0.717, 1.165) is 6.20 Å². The summed E-state index contributed by atoms with van der Waals surface area (Å²) >= 11 is 0. The fraction of sp³-hybridized carbons (Fsp3) is 0.556. The Labute approximate surface area is 93.3 Å². The van der Waals surface area contributed by atoms with Gasteiger partial charge in [-0.15, -0.1) is 6.42 Å². The Morgan fingerprint density at radius 1 is 1.44 bits per heavy atom. The van der Waals surface area contributed by atoms with E-state index in [4.69, 9.17) is 21.8 Å². The van der Waals surface area contributed by atoms with Gasteiger partial charge in [0.15, 0.2) is 0 Å². The molecule has 2 unspecified atom stereocenters. The van der Waals surface area contributed by atoms with Crippen molar-refractivity contribution in [2.45, 2.75) is 32.6 Å². The van der Waals surface area contributed by atoms with Crippen molar-refractivity contribution < 1.29 is 19.0 Å². The van der Waals surface area contributed by atoms with E-state index in [0.29, 0.717) is 0 Å². The minimum Gasteiger partial charge on any atom is -0.399 e. The number of halogens is 2. The van der Waals surface area contributed by atoms with Gasteiger partial charge in [-0.1, -0.05) is 5.92 Å². The Morgan fingerprint density at radius 2 is 1.81 bits per heavy atom. The molecule has 0 rings (SSSR count). The third-order valence-electron chi connectivity index (χ3n) is 1.25. The van der Waals surface area contributed by atoms with Gasteiger partial charge in [0.1, 0.15) is 6.10 Å². The molecule has 2 atom stereocenters. The first-order valence-electron chi connectivity index (χ1n) is 4.33. The lowest BCUT2D eigenvalue weighted by molar-refractivity contribution is 0.00396. The molecule has 0 aromatic heterocycles. The van der Waals surface area contributed by atoms with Crippen molar-refractivity contribution >= 4 is 0 Å². The lowest BCUT2D eigenvalue weighted by Gasteiger charge is -2.13. The van der Waals surface area contributed by atoms with Crippen LogP contribution in [0.4, 0.5) is 8.78 Å². The number of hydrogen-bond donors (Lipinski definition) is 4. The first kappa shape index (κ1) is 17.0. The van der Waals surface area contributed by atoms with E-state index in [1.807, 2.05) is 0 Å². The predicted molar refractivity (Wildman–Crippen MR) is 56.5 cm³/mol. The SMILES string of the molecule is C#CC(C)O.CC(O)/C(N)=C/N(N)C(F)F. The molecule has 94 valence electrons. The minimum atomic E-state index is -2.81. The van der Waals surface area contributed by atoms with Crippen LogP contribution in [0.2, 0.25) is 0 Å². The summed E-state index contributed by atoms with van der Waals surface area (Å²) in [6.45, 7) is 0.0813. The van der Waals surface area contributed by atoms with Crippen molar-refractivity contribution in [2.75, 3.05) is 0 Å². The average molecular weight is 237 g/mol. The first-order chi connectivity index (χ1) is 7.22. The first-order valence-corrected chi connectivity index (χ1v) is 4.33. The lowest BCUT2D eigenvalue weighted by Crippen LogP contribution is -2.32. The van der Waals surface area contributed by atoms with Crippen LogP contribution in [0.15, 0.2) is 11.9 Å². The highest BCUT2D eigenvalue weighted by Gasteiger charge is 2.08. The Balaban J connectivity index is 0. The lowest BCUT2D eigenvalue weighted by atomic mass is 10.3. The standard InChI is InChI=1S/C5H11F2N3O.C4H6O/c1-3(11)4(8)2-10(9)5(6)7;1-3-4(2)5/h2-3,5,11H,8-9H2,1H3;1,4-5H,2H3/b4-2-;. The molecule has 0 saturated heterocycles. The molecule has 0 aromatic carbocycles. The number of aliphatic hydroxyl groups excluding tert-OH is 2. The average Bonchev–Trinajstić information content (AvgIpc) is 2.18. The normalized spacial score (nSPS) is 14.6. The van der Waals surface area contributed by atoms with Crippen LogP contribution < -0.4 is 11.6 Å². The van der Waals surface area contributed by atoms with Crippen molar-refractivity contribution in [3.05, 3.63) is 11.9 Å². The molecule has 7 heteroatoms. The molecular formula is C9H17F2N3O2. The van der Waals surface area contributed by atoms with Gasteiger partial charge < -0.3 is 15.9 Å². The maximum atomic E-state index is 11.7. The Kier molecular flexibility index (Phi) is 9.49. The number of terminal acetylenes is 1. The molecule has 0 heterocycles. The zero-order chi connectivity index (χ0) is 13.3. The van der Waals surface area contributed by atoms with Crippen LogP contribution in [-0.4, -0.2) is 34.0 Å². The van der Waals surface area contributed by atoms with E-state index in [2.05, 4.69) is 12.3 Å². The number of nitrogens with zero attached hydrogens (tertiary/aromatic N) is 1. The van der Waals surface area contributed by atoms with E-state index < -0.39 is 18.8 Å². The van der Waals surface area contributed by atoms with Gasteiger partial charge in [0.2, 0.25) is 0 Å². The number of hydrogen-bond acceptors (Lipinski definition) is 5. The summed E-state index contributed by atoms with van der Waals surface area (Å²) < 4.78 is 23.3. The Bertz CT molecular complexity index is 250. The summed E-state index contributed by atoms with van der Waals surface area (Å²) in [6, 6.07) is 0. The zero-order valence-corrected chi connectivity index (χ0v) is 9.14. The van der Waals surface area contributed by atoms with E-state index in [1.165, 1.54) is 6.92 Å². The van der Waals surface area contributed by atoms with Crippen molar-refractivity contribution in [2.24, 2.45) is 11.6 Å². The van der Waals surface area contributed by atoms with E-state index >= 15 is 0 Å². The maximum absolute atomic E-state index is 11.7. The molecule has 0 aliphatic rings. The molecule has 0 saturated carbocycles. The molecule has 16 heavy (non-hydrogen) atoms. The fourth-order valence-electron chi connectivity index (χ4n) is 0.336. The largest absolute Gasteiger partial charge is 0.399 e. The van der Waals surface area contributed by atoms with Gasteiger partial charge in [-0.05, 0) is 13.8 Å². The van der Waals surface area contributed by atoms with Crippen LogP contribution in [0, 0.1) is 12.3 Å². The molecule has 0 bridgehead atoms. The second kappa shape index (κ2) is 8.91. The summed E-state index contributed by atoms with van der Waals surface area (Å²) in [5, 5.41) is 17.0. The maximum Gasteiger partial charge on any atom is 0.327 e. The van der Waals surface area contributed by atoms with Crippen LogP contribution in [0.25, 0.3) is 0 Å². The smallest absolute Gasteiger partial charge is 0.327 e. The third-order valence-corrected chi connectivity index (χ3v) is 1.25. The van der Waals surface area contributed by atoms with Gasteiger partial charge in [0.05, 0.1) is 11.8 Å². The second-order valence-corrected chi connectivity index (χ2v) is 2.87. The van der Waals surface area contributed by atoms with Gasteiger partial charge in [-0.2, -0.15) is 8.78 Å². The van der Waals surface area contributed by atoms with Crippen LogP contribution in [0.3, 0.4) is 0 Å². The highest BCUT2D eigenvalue weighted by molar-refractivity contribution is 4.99. The summed E-state index contributed by atoms with van der Waals surface area (Å²) in [5.74, 6) is 6.85. The summed E-state index contributed by atoms with van der Waals surface area (Å²) in [4.78, 5) is 0. The molecule has 0 amide bonds. The predicted octanol–water partition coefficient (Wildman–Crippen LogP) is -0.434. The second-order valence-electron chi connectivity index (χ2n) is 2.87. The zero-order valence-electron chi connectivity index (χ0n) is 9.14. The van der Waals surface area contributed by atoms with Crippen molar-refractivity contribution in [3.63, 3.8) is 0 Å². The number of alkyl halides is 2. The van der Waals surface area contributed by atoms with E-state index in [9.17, 15) is 8.78 Å². The summed E-state index contributed by atoms with van der Waals surface area (Å²) in [7, 11) is 0. The summed E-state index contributed by atoms with van der Waals surface area (Å²) in [5.41, 5.74) is 5.01. The molecule has 0 radical (unpaired) electrons. The van der Waals surface area contributed by atoms with E-state index in [-0.39, 0.29) is 10.7 Å². The molecule has 5 nitrogen and oxygen atoms in total. The van der Waals surface area contributed by atoms with Crippen LogP contribution >= 0.6 is 0 Å². The van der Waals surface area contributed by atoms with Gasteiger partial charge in [-0.3, -0.25) is 5.01 Å². The number of hydrazine groups is 1. The van der Waals surface area contributed by atoms with Crippen LogP contribution in [0.5, 0.6) is 0 Å². The molecule has 0 fully saturated rings. The molecule has 6 N–H and O–H groups in total. The van der Waals surface area contributed by atoms with Crippen molar-refractivity contribution in [1.82, 2.24) is 5.01 Å². The summed E-state index contributed by atoms with van der Waals surface area (Å²) in [6.07, 6.45) is 3.90. The molecular weight excluding hydrogens is 220 g/mol. The molecule has 0 spiro atoms. The van der Waals surface area contributed by atoms with Crippen molar-refractivity contribution in [3.8, 4) is 12.3 Å².